The third-order valence-corrected chi connectivity index (χ3v) is 3.83. The summed E-state index contributed by atoms with van der Waals surface area (Å²) in [6, 6.07) is 2.13. The molecular weight excluding hydrogens is 238 g/mol. The first kappa shape index (κ1) is 15.8. The molecule has 0 heterocycles. The minimum atomic E-state index is -0.569. The summed E-state index contributed by atoms with van der Waals surface area (Å²) in [7, 11) is 0. The molecule has 1 saturated carbocycles. The van der Waals surface area contributed by atoms with Gasteiger partial charge in [-0.3, -0.25) is 4.79 Å². The van der Waals surface area contributed by atoms with Crippen molar-refractivity contribution >= 4 is 5.97 Å². The first-order valence-electron chi connectivity index (χ1n) is 7.45. The Morgan fingerprint density at radius 3 is 2.58 bits per heavy atom. The maximum Gasteiger partial charge on any atom is 0.323 e. The molecule has 1 unspecified atom stereocenters. The molecule has 1 rings (SSSR count). The summed E-state index contributed by atoms with van der Waals surface area (Å²) in [5, 5.41) is 9.15. The molecule has 19 heavy (non-hydrogen) atoms. The van der Waals surface area contributed by atoms with Crippen LogP contribution in [0.4, 0.5) is 0 Å². The van der Waals surface area contributed by atoms with Crippen LogP contribution in [0.5, 0.6) is 0 Å². The molecule has 1 atom stereocenters. The summed E-state index contributed by atoms with van der Waals surface area (Å²) in [6.07, 6.45) is 11.0. The molecule has 0 radical (unpaired) electrons. The van der Waals surface area contributed by atoms with Crippen LogP contribution in [0.3, 0.4) is 0 Å². The van der Waals surface area contributed by atoms with Crippen LogP contribution in [0.15, 0.2) is 12.2 Å². The zero-order chi connectivity index (χ0) is 14.1. The molecule has 0 aliphatic heterocycles. The lowest BCUT2D eigenvalue weighted by atomic mass is 9.76. The summed E-state index contributed by atoms with van der Waals surface area (Å²) < 4.78 is 4.98. The summed E-state index contributed by atoms with van der Waals surface area (Å²) in [4.78, 5) is 11.7. The van der Waals surface area contributed by atoms with Crippen molar-refractivity contribution in [3.05, 3.63) is 12.2 Å². The van der Waals surface area contributed by atoms with Crippen LogP contribution < -0.4 is 0 Å². The summed E-state index contributed by atoms with van der Waals surface area (Å²) in [6.45, 7) is 4.31. The van der Waals surface area contributed by atoms with E-state index in [1.807, 2.05) is 0 Å². The highest BCUT2D eigenvalue weighted by Crippen LogP contribution is 2.34. The molecule has 3 nitrogen and oxygen atoms in total. The average Bonchev–Trinajstić information content (AvgIpc) is 2.42. The SMILES string of the molecule is CCCC=CC1CCC(C(C#N)C(=O)OCC)CC1. The fraction of sp³-hybridized carbons (Fsp3) is 0.750. The maximum absolute atomic E-state index is 11.7. The predicted octanol–water partition coefficient (Wildman–Crippen LogP) is 3.85. The Balaban J connectivity index is 2.43. The highest BCUT2D eigenvalue weighted by molar-refractivity contribution is 5.75. The van der Waals surface area contributed by atoms with E-state index in [0.29, 0.717) is 12.5 Å². The van der Waals surface area contributed by atoms with Crippen molar-refractivity contribution in [1.82, 2.24) is 0 Å². The molecule has 0 saturated heterocycles. The molecule has 0 spiro atoms. The Morgan fingerprint density at radius 2 is 2.05 bits per heavy atom. The van der Waals surface area contributed by atoms with Gasteiger partial charge in [0.15, 0.2) is 0 Å². The molecule has 0 amide bonds. The van der Waals surface area contributed by atoms with Crippen molar-refractivity contribution in [3.63, 3.8) is 0 Å². The molecule has 1 aliphatic rings. The molecule has 1 aliphatic carbocycles. The van der Waals surface area contributed by atoms with Gasteiger partial charge < -0.3 is 4.74 Å². The molecule has 0 aromatic rings. The molecule has 0 bridgehead atoms. The molecular formula is C16H25NO2. The highest BCUT2D eigenvalue weighted by Gasteiger charge is 2.32. The summed E-state index contributed by atoms with van der Waals surface area (Å²) in [5.74, 6) is -0.0975. The van der Waals surface area contributed by atoms with E-state index in [4.69, 9.17) is 10.00 Å². The van der Waals surface area contributed by atoms with Crippen LogP contribution >= 0.6 is 0 Å². The molecule has 0 N–H and O–H groups in total. The topological polar surface area (TPSA) is 50.1 Å². The van der Waals surface area contributed by atoms with Crippen molar-refractivity contribution in [2.75, 3.05) is 6.61 Å². The predicted molar refractivity (Wildman–Crippen MR) is 75.2 cm³/mol. The number of hydrogen-bond donors (Lipinski definition) is 0. The zero-order valence-electron chi connectivity index (χ0n) is 12.1. The van der Waals surface area contributed by atoms with Crippen molar-refractivity contribution in [1.29, 1.82) is 5.26 Å². The van der Waals surface area contributed by atoms with Gasteiger partial charge in [0.25, 0.3) is 0 Å². The number of rotatable bonds is 6. The van der Waals surface area contributed by atoms with E-state index < -0.39 is 5.92 Å². The number of unbranched alkanes of at least 4 members (excludes halogenated alkanes) is 1. The van der Waals surface area contributed by atoms with Gasteiger partial charge in [-0.15, -0.1) is 0 Å². The van der Waals surface area contributed by atoms with Crippen molar-refractivity contribution in [3.8, 4) is 6.07 Å². The van der Waals surface area contributed by atoms with Gasteiger partial charge in [-0.25, -0.2) is 0 Å². The lowest BCUT2D eigenvalue weighted by Crippen LogP contribution is -2.28. The monoisotopic (exact) mass is 263 g/mol. The van der Waals surface area contributed by atoms with Crippen LogP contribution in [0.25, 0.3) is 0 Å². The smallest absolute Gasteiger partial charge is 0.323 e. The van der Waals surface area contributed by atoms with E-state index in [-0.39, 0.29) is 11.9 Å². The van der Waals surface area contributed by atoms with Crippen LogP contribution in [-0.4, -0.2) is 12.6 Å². The fourth-order valence-electron chi connectivity index (χ4n) is 2.71. The Hall–Kier alpha value is -1.30. The summed E-state index contributed by atoms with van der Waals surface area (Å²) in [5.41, 5.74) is 0. The number of carbonyl (C=O) groups is 1. The van der Waals surface area contributed by atoms with Gasteiger partial charge in [-0.1, -0.05) is 25.5 Å². The molecule has 0 aromatic carbocycles. The highest BCUT2D eigenvalue weighted by atomic mass is 16.5. The van der Waals surface area contributed by atoms with Crippen LogP contribution in [0.2, 0.25) is 0 Å². The number of allylic oxidation sites excluding steroid dienone is 2. The van der Waals surface area contributed by atoms with Gasteiger partial charge in [0.2, 0.25) is 0 Å². The van der Waals surface area contributed by atoms with Gasteiger partial charge >= 0.3 is 5.97 Å². The van der Waals surface area contributed by atoms with Gasteiger partial charge in [-0.05, 0) is 50.9 Å². The van der Waals surface area contributed by atoms with E-state index in [0.717, 1.165) is 32.1 Å². The Morgan fingerprint density at radius 1 is 1.37 bits per heavy atom. The minimum Gasteiger partial charge on any atom is -0.465 e. The van der Waals surface area contributed by atoms with Gasteiger partial charge in [0.1, 0.15) is 5.92 Å². The standard InChI is InChI=1S/C16H25NO2/c1-3-5-6-7-13-8-10-14(11-9-13)15(12-17)16(18)19-4-2/h6-7,13-15H,3-5,8-11H2,1-2H3. The number of ether oxygens (including phenoxy) is 1. The van der Waals surface area contributed by atoms with E-state index in [2.05, 4.69) is 25.1 Å². The van der Waals surface area contributed by atoms with E-state index in [1.165, 1.54) is 6.42 Å². The van der Waals surface area contributed by atoms with Crippen molar-refractivity contribution < 1.29 is 9.53 Å². The zero-order valence-corrected chi connectivity index (χ0v) is 12.1. The van der Waals surface area contributed by atoms with Crippen molar-refractivity contribution in [2.45, 2.75) is 52.4 Å². The first-order valence-corrected chi connectivity index (χ1v) is 7.45. The second-order valence-corrected chi connectivity index (χ2v) is 5.25. The normalized spacial score (nSPS) is 24.9. The number of esters is 1. The molecule has 1 fully saturated rings. The number of nitrogens with zero attached hydrogens (tertiary/aromatic N) is 1. The van der Waals surface area contributed by atoms with Crippen molar-refractivity contribution in [2.24, 2.45) is 17.8 Å². The van der Waals surface area contributed by atoms with Gasteiger partial charge in [-0.2, -0.15) is 5.26 Å². The quantitative estimate of drug-likeness (QED) is 0.540. The minimum absolute atomic E-state index is 0.180. The van der Waals surface area contributed by atoms with Crippen LogP contribution in [-0.2, 0) is 9.53 Å². The largest absolute Gasteiger partial charge is 0.465 e. The average molecular weight is 263 g/mol. The number of hydrogen-bond acceptors (Lipinski definition) is 3. The lowest BCUT2D eigenvalue weighted by Gasteiger charge is -2.28. The first-order chi connectivity index (χ1) is 9.22. The van der Waals surface area contributed by atoms with Crippen LogP contribution in [0, 0.1) is 29.1 Å². The molecule has 3 heteroatoms. The van der Waals surface area contributed by atoms with Crippen LogP contribution in [0.1, 0.15) is 52.4 Å². The second kappa shape index (κ2) is 8.74. The van der Waals surface area contributed by atoms with E-state index in [9.17, 15) is 4.79 Å². The third kappa shape index (κ3) is 5.06. The molecule has 0 aromatic heterocycles. The Kier molecular flexibility index (Phi) is 7.25. The van der Waals surface area contributed by atoms with Gasteiger partial charge in [0.05, 0.1) is 12.7 Å². The molecule has 106 valence electrons. The Bertz CT molecular complexity index is 335. The summed E-state index contributed by atoms with van der Waals surface area (Å²) >= 11 is 0. The van der Waals surface area contributed by atoms with Gasteiger partial charge in [0, 0.05) is 0 Å². The third-order valence-electron chi connectivity index (χ3n) is 3.83. The van der Waals surface area contributed by atoms with E-state index >= 15 is 0 Å². The maximum atomic E-state index is 11.7. The second-order valence-electron chi connectivity index (χ2n) is 5.25. The van der Waals surface area contributed by atoms with E-state index in [1.54, 1.807) is 6.92 Å². The fourth-order valence-corrected chi connectivity index (χ4v) is 2.71. The number of carbonyl (C=O) groups excluding carboxylic acids is 1. The lowest BCUT2D eigenvalue weighted by molar-refractivity contribution is -0.148. The Labute approximate surface area is 116 Å². The number of nitriles is 1.